The van der Waals surface area contributed by atoms with E-state index in [1.165, 1.54) is 11.8 Å². The third-order valence-corrected chi connectivity index (χ3v) is 4.70. The van der Waals surface area contributed by atoms with Crippen LogP contribution < -0.4 is 10.6 Å². The Morgan fingerprint density at radius 2 is 2.17 bits per heavy atom. The topological polar surface area (TPSA) is 83.7 Å². The van der Waals surface area contributed by atoms with E-state index in [1.807, 2.05) is 0 Å². The number of amidine groups is 1. The van der Waals surface area contributed by atoms with Crippen LogP contribution in [-0.2, 0) is 16.1 Å². The monoisotopic (exact) mass is 363 g/mol. The second-order valence-electron chi connectivity index (χ2n) is 5.03. The minimum Gasteiger partial charge on any atom is -0.467 e. The Bertz CT molecular complexity index is 777. The predicted octanol–water partition coefficient (Wildman–Crippen LogP) is 3.05. The van der Waals surface area contributed by atoms with Gasteiger partial charge >= 0.3 is 0 Å². The maximum atomic E-state index is 12.1. The summed E-state index contributed by atoms with van der Waals surface area (Å²) in [5.74, 6) is 0.202. The van der Waals surface area contributed by atoms with Crippen molar-refractivity contribution in [1.29, 1.82) is 0 Å². The van der Waals surface area contributed by atoms with Crippen LogP contribution in [0.4, 0.5) is 5.69 Å². The molecule has 1 saturated heterocycles. The normalized spacial score (nSPS) is 18.6. The Labute approximate surface area is 147 Å². The van der Waals surface area contributed by atoms with E-state index >= 15 is 0 Å². The Morgan fingerprint density at radius 3 is 2.92 bits per heavy atom. The first-order chi connectivity index (χ1) is 11.6. The number of anilines is 1. The number of aliphatic imine (C=N–C) groups is 1. The molecule has 1 aliphatic rings. The fourth-order valence-corrected chi connectivity index (χ4v) is 3.25. The van der Waals surface area contributed by atoms with Gasteiger partial charge in [0.25, 0.3) is 0 Å². The lowest BCUT2D eigenvalue weighted by molar-refractivity contribution is -0.122. The number of benzene rings is 1. The molecule has 1 atom stereocenters. The highest BCUT2D eigenvalue weighted by molar-refractivity contribution is 8.15. The van der Waals surface area contributed by atoms with Crippen molar-refractivity contribution in [3.63, 3.8) is 0 Å². The van der Waals surface area contributed by atoms with Gasteiger partial charge in [0.15, 0.2) is 5.17 Å². The van der Waals surface area contributed by atoms with Crippen molar-refractivity contribution in [1.82, 2.24) is 5.32 Å². The number of furan rings is 1. The van der Waals surface area contributed by atoms with Crippen molar-refractivity contribution in [3.8, 4) is 0 Å². The molecule has 8 heteroatoms. The summed E-state index contributed by atoms with van der Waals surface area (Å²) >= 11 is 7.24. The van der Waals surface area contributed by atoms with Gasteiger partial charge in [0, 0.05) is 6.42 Å². The second kappa shape index (κ2) is 7.55. The minimum atomic E-state index is -0.511. The lowest BCUT2D eigenvalue weighted by Gasteiger charge is -2.08. The number of nitrogens with zero attached hydrogens (tertiary/aromatic N) is 1. The highest BCUT2D eigenvalue weighted by atomic mass is 35.5. The molecule has 1 aromatic heterocycles. The van der Waals surface area contributed by atoms with E-state index in [2.05, 4.69) is 15.6 Å². The summed E-state index contributed by atoms with van der Waals surface area (Å²) < 4.78 is 5.18. The van der Waals surface area contributed by atoms with Crippen molar-refractivity contribution in [2.75, 3.05) is 5.32 Å². The Kier molecular flexibility index (Phi) is 5.22. The lowest BCUT2D eigenvalue weighted by Crippen LogP contribution is -2.28. The Balaban J connectivity index is 1.55. The van der Waals surface area contributed by atoms with E-state index < -0.39 is 5.25 Å². The van der Waals surface area contributed by atoms with Crippen LogP contribution in [0.1, 0.15) is 12.2 Å². The average molecular weight is 364 g/mol. The number of para-hydroxylation sites is 1. The van der Waals surface area contributed by atoms with E-state index in [9.17, 15) is 9.59 Å². The number of hydrogen-bond donors (Lipinski definition) is 2. The first-order valence-corrected chi connectivity index (χ1v) is 8.46. The van der Waals surface area contributed by atoms with Crippen LogP contribution in [0.15, 0.2) is 52.1 Å². The van der Waals surface area contributed by atoms with Gasteiger partial charge in [-0.15, -0.1) is 0 Å². The molecule has 1 aliphatic heterocycles. The third kappa shape index (κ3) is 4.18. The van der Waals surface area contributed by atoms with Crippen molar-refractivity contribution in [2.24, 2.45) is 4.99 Å². The largest absolute Gasteiger partial charge is 0.467 e. The average Bonchev–Trinajstić information content (AvgIpc) is 3.18. The molecule has 1 unspecified atom stereocenters. The van der Waals surface area contributed by atoms with E-state index in [0.29, 0.717) is 28.2 Å². The van der Waals surface area contributed by atoms with Gasteiger partial charge in [-0.1, -0.05) is 35.5 Å². The summed E-state index contributed by atoms with van der Waals surface area (Å²) in [6.45, 7) is 0.341. The van der Waals surface area contributed by atoms with Crippen LogP contribution >= 0.6 is 23.4 Å². The highest BCUT2D eigenvalue weighted by Crippen LogP contribution is 2.25. The van der Waals surface area contributed by atoms with Crippen molar-refractivity contribution < 1.29 is 14.0 Å². The molecule has 2 heterocycles. The molecule has 2 amide bonds. The fraction of sp³-hybridized carbons (Fsp3) is 0.188. The SMILES string of the molecule is O=C(CC1SC(=NCc2ccco2)NC1=O)Nc1ccccc1Cl. The zero-order chi connectivity index (χ0) is 16.9. The standard InChI is InChI=1S/C16H14ClN3O3S/c17-11-5-1-2-6-12(11)19-14(21)8-13-15(22)20-16(24-13)18-9-10-4-3-7-23-10/h1-7,13H,8-9H2,(H,19,21)(H,18,20,22). The van der Waals surface area contributed by atoms with E-state index in [4.69, 9.17) is 16.0 Å². The molecule has 1 aromatic carbocycles. The zero-order valence-electron chi connectivity index (χ0n) is 12.5. The molecule has 0 spiro atoms. The number of amides is 2. The van der Waals surface area contributed by atoms with Gasteiger partial charge < -0.3 is 15.1 Å². The molecule has 1 fully saturated rings. The second-order valence-corrected chi connectivity index (χ2v) is 6.63. The highest BCUT2D eigenvalue weighted by Gasteiger charge is 2.32. The quantitative estimate of drug-likeness (QED) is 0.855. The zero-order valence-corrected chi connectivity index (χ0v) is 14.1. The van der Waals surface area contributed by atoms with Crippen LogP contribution in [0.25, 0.3) is 0 Å². The van der Waals surface area contributed by atoms with Gasteiger partial charge in [-0.05, 0) is 24.3 Å². The molecule has 0 saturated carbocycles. The molecule has 2 aromatic rings. The first kappa shape index (κ1) is 16.6. The third-order valence-electron chi connectivity index (χ3n) is 3.25. The van der Waals surface area contributed by atoms with Crippen molar-refractivity contribution >= 4 is 46.0 Å². The maximum Gasteiger partial charge on any atom is 0.240 e. The lowest BCUT2D eigenvalue weighted by atomic mass is 10.2. The molecule has 124 valence electrons. The number of halogens is 1. The minimum absolute atomic E-state index is 0.0431. The Hall–Kier alpha value is -2.25. The number of carbonyl (C=O) groups excluding carboxylic acids is 2. The molecular formula is C16H14ClN3O3S. The number of thioether (sulfide) groups is 1. The summed E-state index contributed by atoms with van der Waals surface area (Å²) in [6, 6.07) is 10.5. The number of rotatable bonds is 5. The van der Waals surface area contributed by atoms with E-state index in [1.54, 1.807) is 42.7 Å². The molecule has 6 nitrogen and oxygen atoms in total. The molecular weight excluding hydrogens is 350 g/mol. The molecule has 2 N–H and O–H groups in total. The Morgan fingerprint density at radius 1 is 1.33 bits per heavy atom. The van der Waals surface area contributed by atoms with Gasteiger partial charge in [0.1, 0.15) is 11.0 Å². The first-order valence-electron chi connectivity index (χ1n) is 7.20. The van der Waals surface area contributed by atoms with Crippen LogP contribution in [0.5, 0.6) is 0 Å². The molecule has 0 aliphatic carbocycles. The van der Waals surface area contributed by atoms with Gasteiger partial charge in [0.2, 0.25) is 11.8 Å². The van der Waals surface area contributed by atoms with E-state index in [0.717, 1.165) is 0 Å². The maximum absolute atomic E-state index is 12.1. The van der Waals surface area contributed by atoms with Crippen LogP contribution in [0.3, 0.4) is 0 Å². The van der Waals surface area contributed by atoms with E-state index in [-0.39, 0.29) is 18.2 Å². The van der Waals surface area contributed by atoms with Crippen LogP contribution in [-0.4, -0.2) is 22.2 Å². The summed E-state index contributed by atoms with van der Waals surface area (Å²) in [4.78, 5) is 28.3. The molecule has 24 heavy (non-hydrogen) atoms. The van der Waals surface area contributed by atoms with Gasteiger partial charge in [-0.25, -0.2) is 0 Å². The summed E-state index contributed by atoms with van der Waals surface area (Å²) in [7, 11) is 0. The van der Waals surface area contributed by atoms with Gasteiger partial charge in [-0.2, -0.15) is 0 Å². The van der Waals surface area contributed by atoms with Gasteiger partial charge in [-0.3, -0.25) is 14.6 Å². The van der Waals surface area contributed by atoms with Crippen LogP contribution in [0, 0.1) is 0 Å². The number of carbonyl (C=O) groups is 2. The molecule has 0 bridgehead atoms. The van der Waals surface area contributed by atoms with Crippen molar-refractivity contribution in [2.45, 2.75) is 18.2 Å². The number of nitrogens with one attached hydrogen (secondary N) is 2. The molecule has 3 rings (SSSR count). The molecule has 0 radical (unpaired) electrons. The van der Waals surface area contributed by atoms with Crippen LogP contribution in [0.2, 0.25) is 5.02 Å². The van der Waals surface area contributed by atoms with Crippen molar-refractivity contribution in [3.05, 3.63) is 53.4 Å². The number of hydrogen-bond acceptors (Lipinski definition) is 5. The predicted molar refractivity (Wildman–Crippen MR) is 94.1 cm³/mol. The fourth-order valence-electron chi connectivity index (χ4n) is 2.10. The summed E-state index contributed by atoms with van der Waals surface area (Å²) in [6.07, 6.45) is 1.61. The summed E-state index contributed by atoms with van der Waals surface area (Å²) in [5.41, 5.74) is 0.527. The van der Waals surface area contributed by atoms with Gasteiger partial charge in [0.05, 0.1) is 23.5 Å². The smallest absolute Gasteiger partial charge is 0.240 e. The summed E-state index contributed by atoms with van der Waals surface area (Å²) in [5, 5.41) is 5.82.